The smallest absolute Gasteiger partial charge is 0.232 e. The number of nitriles is 1. The number of aromatic nitrogens is 1. The first-order valence-corrected chi connectivity index (χ1v) is 8.94. The van der Waals surface area contributed by atoms with Crippen LogP contribution in [0.25, 0.3) is 0 Å². The zero-order valence-corrected chi connectivity index (χ0v) is 16.2. The minimum atomic E-state index is 0.394. The number of ether oxygens (including phenoxy) is 2. The molecule has 0 N–H and O–H groups in total. The van der Waals surface area contributed by atoms with Crippen LogP contribution in [0.5, 0.6) is 17.4 Å². The Morgan fingerprint density at radius 1 is 1.19 bits per heavy atom. The minimum Gasteiger partial charge on any atom is -0.472 e. The van der Waals surface area contributed by atoms with Gasteiger partial charge in [-0.1, -0.05) is 41.9 Å². The van der Waals surface area contributed by atoms with Gasteiger partial charge in [0.15, 0.2) is 5.75 Å². The second kappa shape index (κ2) is 8.22. The van der Waals surface area contributed by atoms with Gasteiger partial charge in [0.2, 0.25) is 5.88 Å². The molecule has 0 atom stereocenters. The number of aryl methyl sites for hydroxylation is 1. The van der Waals surface area contributed by atoms with Crippen LogP contribution in [0.15, 0.2) is 59.2 Å². The minimum absolute atomic E-state index is 0.394. The van der Waals surface area contributed by atoms with E-state index < -0.39 is 0 Å². The van der Waals surface area contributed by atoms with E-state index in [1.165, 1.54) is 0 Å². The van der Waals surface area contributed by atoms with Crippen molar-refractivity contribution in [3.63, 3.8) is 0 Å². The van der Waals surface area contributed by atoms with E-state index in [4.69, 9.17) is 26.3 Å². The van der Waals surface area contributed by atoms with Gasteiger partial charge in [-0.15, -0.1) is 0 Å². The van der Waals surface area contributed by atoms with Gasteiger partial charge in [-0.05, 0) is 46.6 Å². The van der Waals surface area contributed by atoms with Gasteiger partial charge < -0.3 is 9.47 Å². The van der Waals surface area contributed by atoms with E-state index in [-0.39, 0.29) is 0 Å². The van der Waals surface area contributed by atoms with Gasteiger partial charge in [-0.2, -0.15) is 5.26 Å². The average Bonchev–Trinajstić information content (AvgIpc) is 2.65. The number of nitrogens with zero attached hydrogens (tertiary/aromatic N) is 2. The molecular formula is C20H14BrClN2O2. The van der Waals surface area contributed by atoms with E-state index in [1.54, 1.807) is 24.4 Å². The Labute approximate surface area is 165 Å². The second-order valence-corrected chi connectivity index (χ2v) is 6.78. The molecule has 0 aliphatic heterocycles. The van der Waals surface area contributed by atoms with Crippen molar-refractivity contribution in [3.05, 3.63) is 80.9 Å². The first-order chi connectivity index (χ1) is 12.6. The van der Waals surface area contributed by atoms with Crippen molar-refractivity contribution in [1.29, 1.82) is 5.26 Å². The molecule has 1 heterocycles. The Morgan fingerprint density at radius 2 is 1.96 bits per heavy atom. The molecule has 0 unspecified atom stereocenters. The number of rotatable bonds is 5. The Bertz CT molecular complexity index is 972. The highest BCUT2D eigenvalue weighted by molar-refractivity contribution is 9.10. The molecule has 0 bridgehead atoms. The molecule has 0 saturated heterocycles. The fourth-order valence-electron chi connectivity index (χ4n) is 2.30. The lowest BCUT2D eigenvalue weighted by atomic mass is 10.2. The van der Waals surface area contributed by atoms with Crippen molar-refractivity contribution in [2.45, 2.75) is 13.5 Å². The van der Waals surface area contributed by atoms with Gasteiger partial charge in [0, 0.05) is 16.8 Å². The Morgan fingerprint density at radius 3 is 2.69 bits per heavy atom. The number of hydrogen-bond acceptors (Lipinski definition) is 4. The summed E-state index contributed by atoms with van der Waals surface area (Å²) in [5.41, 5.74) is 2.29. The maximum absolute atomic E-state index is 9.08. The van der Waals surface area contributed by atoms with Crippen LogP contribution in [0.4, 0.5) is 0 Å². The normalized spacial score (nSPS) is 10.2. The summed E-state index contributed by atoms with van der Waals surface area (Å²) in [4.78, 5) is 4.32. The van der Waals surface area contributed by atoms with Crippen molar-refractivity contribution < 1.29 is 9.47 Å². The Balaban J connectivity index is 1.86. The van der Waals surface area contributed by atoms with Crippen LogP contribution in [0, 0.1) is 18.3 Å². The fraction of sp³-hybridized carbons (Fsp3) is 0.100. The lowest BCUT2D eigenvalue weighted by molar-refractivity contribution is 0.289. The van der Waals surface area contributed by atoms with Gasteiger partial charge in [-0.3, -0.25) is 0 Å². The highest BCUT2D eigenvalue weighted by Gasteiger charge is 2.15. The van der Waals surface area contributed by atoms with Gasteiger partial charge in [0.05, 0.1) is 11.6 Å². The summed E-state index contributed by atoms with van der Waals surface area (Å²) < 4.78 is 12.4. The summed E-state index contributed by atoms with van der Waals surface area (Å²) in [6.45, 7) is 2.27. The van der Waals surface area contributed by atoms with Crippen LogP contribution in [-0.4, -0.2) is 4.98 Å². The van der Waals surface area contributed by atoms with Crippen molar-refractivity contribution >= 4 is 27.5 Å². The third-order valence-corrected chi connectivity index (χ3v) is 4.48. The molecule has 1 aromatic heterocycles. The van der Waals surface area contributed by atoms with Crippen LogP contribution >= 0.6 is 27.5 Å². The van der Waals surface area contributed by atoms with Gasteiger partial charge in [-0.25, -0.2) is 4.98 Å². The molecule has 4 nitrogen and oxygen atoms in total. The number of pyridine rings is 1. The lowest BCUT2D eigenvalue weighted by Gasteiger charge is -2.14. The molecule has 0 aliphatic carbocycles. The standard InChI is InChI=1S/C20H14BrClN2O2/c1-13-11-24-20(25-12-14-5-3-2-4-6-14)18(21)19(13)26-17-8-15(10-23)7-16(22)9-17/h2-9,11H,12H2,1H3. The molecule has 0 aliphatic rings. The lowest BCUT2D eigenvalue weighted by Crippen LogP contribution is -2.00. The first-order valence-electron chi connectivity index (χ1n) is 7.77. The van der Waals surface area contributed by atoms with Gasteiger partial charge >= 0.3 is 0 Å². The highest BCUT2D eigenvalue weighted by Crippen LogP contribution is 2.39. The molecule has 0 spiro atoms. The summed E-state index contributed by atoms with van der Waals surface area (Å²) in [6, 6.07) is 16.7. The van der Waals surface area contributed by atoms with E-state index in [1.807, 2.05) is 37.3 Å². The van der Waals surface area contributed by atoms with Crippen molar-refractivity contribution in [2.24, 2.45) is 0 Å². The average molecular weight is 430 g/mol. The van der Waals surface area contributed by atoms with Gasteiger partial charge in [0.25, 0.3) is 0 Å². The molecule has 6 heteroatoms. The van der Waals surface area contributed by atoms with E-state index >= 15 is 0 Å². The Hall–Kier alpha value is -2.55. The summed E-state index contributed by atoms with van der Waals surface area (Å²) in [5.74, 6) is 1.46. The zero-order valence-electron chi connectivity index (χ0n) is 13.9. The number of hydrogen-bond donors (Lipinski definition) is 0. The molecule has 0 saturated carbocycles. The largest absolute Gasteiger partial charge is 0.472 e. The second-order valence-electron chi connectivity index (χ2n) is 5.55. The predicted molar refractivity (Wildman–Crippen MR) is 104 cm³/mol. The SMILES string of the molecule is Cc1cnc(OCc2ccccc2)c(Br)c1Oc1cc(Cl)cc(C#N)c1. The molecule has 0 amide bonds. The first kappa shape index (κ1) is 18.2. The molecule has 0 radical (unpaired) electrons. The molecule has 0 fully saturated rings. The van der Waals surface area contributed by atoms with Crippen LogP contribution < -0.4 is 9.47 Å². The summed E-state index contributed by atoms with van der Waals surface area (Å²) in [5, 5.41) is 9.51. The van der Waals surface area contributed by atoms with Crippen LogP contribution in [0.2, 0.25) is 5.02 Å². The van der Waals surface area contributed by atoms with Crippen LogP contribution in [-0.2, 0) is 6.61 Å². The molecule has 3 aromatic rings. The summed E-state index contributed by atoms with van der Waals surface area (Å²) in [6.07, 6.45) is 1.68. The van der Waals surface area contributed by atoms with E-state index in [2.05, 4.69) is 27.0 Å². The Kier molecular flexibility index (Phi) is 5.77. The van der Waals surface area contributed by atoms with Gasteiger partial charge in [0.1, 0.15) is 16.8 Å². The van der Waals surface area contributed by atoms with Crippen molar-refractivity contribution in [2.75, 3.05) is 0 Å². The summed E-state index contributed by atoms with van der Waals surface area (Å²) in [7, 11) is 0. The number of benzene rings is 2. The highest BCUT2D eigenvalue weighted by atomic mass is 79.9. The van der Waals surface area contributed by atoms with E-state index in [0.29, 0.717) is 39.0 Å². The van der Waals surface area contributed by atoms with E-state index in [9.17, 15) is 0 Å². The maximum Gasteiger partial charge on any atom is 0.232 e. The summed E-state index contributed by atoms with van der Waals surface area (Å²) >= 11 is 9.55. The maximum atomic E-state index is 9.08. The van der Waals surface area contributed by atoms with Crippen molar-refractivity contribution in [3.8, 4) is 23.4 Å². The molecule has 2 aromatic carbocycles. The molecule has 130 valence electrons. The molecule has 3 rings (SSSR count). The quantitative estimate of drug-likeness (QED) is 0.495. The molecule has 26 heavy (non-hydrogen) atoms. The van der Waals surface area contributed by atoms with Crippen LogP contribution in [0.1, 0.15) is 16.7 Å². The predicted octanol–water partition coefficient (Wildman–Crippen LogP) is 6.05. The fourth-order valence-corrected chi connectivity index (χ4v) is 3.13. The third-order valence-electron chi connectivity index (χ3n) is 3.56. The third kappa shape index (κ3) is 4.34. The van der Waals surface area contributed by atoms with Crippen LogP contribution in [0.3, 0.4) is 0 Å². The molecular weight excluding hydrogens is 416 g/mol. The number of halogens is 2. The monoisotopic (exact) mass is 428 g/mol. The van der Waals surface area contributed by atoms with Crippen molar-refractivity contribution in [1.82, 2.24) is 4.98 Å². The topological polar surface area (TPSA) is 55.1 Å². The zero-order chi connectivity index (χ0) is 18.5. The van der Waals surface area contributed by atoms with E-state index in [0.717, 1.165) is 11.1 Å².